The number of hydrogen-bond acceptors (Lipinski definition) is 6. The van der Waals surface area contributed by atoms with Crippen LogP contribution in [0.1, 0.15) is 103 Å². The van der Waals surface area contributed by atoms with Gasteiger partial charge in [0.15, 0.2) is 0 Å². The maximum atomic E-state index is 14.5. The second-order valence-corrected chi connectivity index (χ2v) is 17.7. The SMILES string of the molecule is CNC(=O)[C@H]1C[C@H]2CC[C@@H]1N2C(=O)[C@H]1C[C@H]2CC[C@@H]1N2C(=O)[C@H]1C[C@H]2CC[C@@H]1N2C(=O)[C@H]1C[C@H]2CC[C@@H]1N2C(=O)[C@H]1C[C@H]2CC[C@@H]1N2C(C)=O. The minimum atomic E-state index is -0.224. The summed E-state index contributed by atoms with van der Waals surface area (Å²) in [6, 6.07) is 0.251. The maximum absolute atomic E-state index is 14.5. The predicted octanol–water partition coefficient (Wildman–Crippen LogP) is 1.65. The average Bonchev–Trinajstić information content (AvgIpc) is 4.00. The van der Waals surface area contributed by atoms with Gasteiger partial charge in [0.1, 0.15) is 0 Å². The molecule has 10 fully saturated rings. The topological polar surface area (TPSA) is 131 Å². The standard InChI is InChI=1S/C38H52N6O6/c1-18(45)40-19-3-9-30(40)25(14-19)35(47)42-21-5-11-32(42)27(16-21)37(49)44-23-7-12-33(44)28(17-23)38(50)43-22-6-10-31(43)26(15-22)36(48)41-20-4-8-29(41)24(13-20)34(46)39-2/h19-33H,3-17H2,1-2H3,(H,39,46)/t19-,20-,21-,22-,23-,24+,25+,26+,27+,28+,29+,30+,31+,32+,33+/m1/s1. The summed E-state index contributed by atoms with van der Waals surface area (Å²) in [4.78, 5) is 92.3. The van der Waals surface area contributed by atoms with Crippen LogP contribution in [0.25, 0.3) is 0 Å². The highest BCUT2D eigenvalue weighted by atomic mass is 16.2. The fourth-order valence-electron chi connectivity index (χ4n) is 14.1. The van der Waals surface area contributed by atoms with Crippen molar-refractivity contribution < 1.29 is 28.8 Å². The number of carbonyl (C=O) groups is 6. The second kappa shape index (κ2) is 11.2. The summed E-state index contributed by atoms with van der Waals surface area (Å²) in [6.45, 7) is 1.61. The van der Waals surface area contributed by atoms with Crippen molar-refractivity contribution in [1.29, 1.82) is 0 Å². The number of fused-ring (bicyclic) bond motifs is 10. The first-order valence-electron chi connectivity index (χ1n) is 19.9. The highest BCUT2D eigenvalue weighted by Gasteiger charge is 2.62. The summed E-state index contributed by atoms with van der Waals surface area (Å²) in [6.07, 6.45) is 12.6. The summed E-state index contributed by atoms with van der Waals surface area (Å²) < 4.78 is 0. The van der Waals surface area contributed by atoms with Crippen molar-refractivity contribution in [3.05, 3.63) is 0 Å². The van der Waals surface area contributed by atoms with Crippen LogP contribution in [0.15, 0.2) is 0 Å². The molecule has 50 heavy (non-hydrogen) atoms. The zero-order chi connectivity index (χ0) is 34.3. The minimum absolute atomic E-state index is 0.00100. The zero-order valence-corrected chi connectivity index (χ0v) is 29.5. The van der Waals surface area contributed by atoms with Crippen LogP contribution in [0.5, 0.6) is 0 Å². The molecule has 270 valence electrons. The van der Waals surface area contributed by atoms with E-state index in [4.69, 9.17) is 0 Å². The van der Waals surface area contributed by atoms with E-state index in [2.05, 4.69) is 20.0 Å². The van der Waals surface area contributed by atoms with Crippen molar-refractivity contribution in [3.63, 3.8) is 0 Å². The highest BCUT2D eigenvalue weighted by Crippen LogP contribution is 2.53. The van der Waals surface area contributed by atoms with Crippen molar-refractivity contribution in [1.82, 2.24) is 29.8 Å². The van der Waals surface area contributed by atoms with Gasteiger partial charge in [-0.15, -0.1) is 0 Å². The maximum Gasteiger partial charge on any atom is 0.228 e. The Morgan fingerprint density at radius 1 is 0.400 bits per heavy atom. The molecule has 0 spiro atoms. The summed E-state index contributed by atoms with van der Waals surface area (Å²) in [5.74, 6) is -0.234. The van der Waals surface area contributed by atoms with Crippen molar-refractivity contribution >= 4 is 35.4 Å². The smallest absolute Gasteiger partial charge is 0.228 e. The molecule has 6 amide bonds. The van der Waals surface area contributed by atoms with E-state index < -0.39 is 0 Å². The first-order valence-corrected chi connectivity index (χ1v) is 19.9. The average molecular weight is 689 g/mol. The molecule has 10 bridgehead atoms. The van der Waals surface area contributed by atoms with Gasteiger partial charge in [-0.05, 0) is 96.3 Å². The molecule has 0 aromatic rings. The summed E-state index contributed by atoms with van der Waals surface area (Å²) in [7, 11) is 1.67. The Morgan fingerprint density at radius 2 is 0.660 bits per heavy atom. The van der Waals surface area contributed by atoms with Crippen LogP contribution >= 0.6 is 0 Å². The van der Waals surface area contributed by atoms with E-state index in [1.807, 2.05) is 9.80 Å². The molecule has 0 aliphatic carbocycles. The first kappa shape index (κ1) is 31.5. The van der Waals surface area contributed by atoms with Crippen molar-refractivity contribution in [2.75, 3.05) is 7.05 Å². The van der Waals surface area contributed by atoms with E-state index in [1.165, 1.54) is 0 Å². The molecular weight excluding hydrogens is 636 g/mol. The van der Waals surface area contributed by atoms with E-state index in [0.29, 0.717) is 19.3 Å². The predicted molar refractivity (Wildman–Crippen MR) is 179 cm³/mol. The van der Waals surface area contributed by atoms with Gasteiger partial charge in [0.2, 0.25) is 35.4 Å². The molecule has 10 aliphatic heterocycles. The van der Waals surface area contributed by atoms with Gasteiger partial charge in [0.05, 0.1) is 29.6 Å². The van der Waals surface area contributed by atoms with Crippen LogP contribution in [-0.4, -0.2) is 127 Å². The molecule has 0 unspecified atom stereocenters. The third-order valence-corrected chi connectivity index (χ3v) is 15.9. The minimum Gasteiger partial charge on any atom is -0.359 e. The lowest BCUT2D eigenvalue weighted by Crippen LogP contribution is -2.49. The summed E-state index contributed by atoms with van der Waals surface area (Å²) in [5, 5.41) is 2.79. The molecule has 10 heterocycles. The highest BCUT2D eigenvalue weighted by molar-refractivity contribution is 5.90. The van der Waals surface area contributed by atoms with E-state index in [1.54, 1.807) is 14.0 Å². The Morgan fingerprint density at radius 3 is 0.940 bits per heavy atom. The lowest BCUT2D eigenvalue weighted by atomic mass is 9.87. The van der Waals surface area contributed by atoms with Gasteiger partial charge in [-0.25, -0.2) is 0 Å². The molecule has 10 rings (SSSR count). The molecular formula is C38H52N6O6. The van der Waals surface area contributed by atoms with Gasteiger partial charge < -0.3 is 29.8 Å². The Kier molecular flexibility index (Phi) is 7.04. The van der Waals surface area contributed by atoms with E-state index in [0.717, 1.165) is 77.0 Å². The molecule has 12 heteroatoms. The van der Waals surface area contributed by atoms with Gasteiger partial charge in [-0.1, -0.05) is 0 Å². The van der Waals surface area contributed by atoms with Crippen molar-refractivity contribution in [3.8, 4) is 0 Å². The fraction of sp³-hybridized carbons (Fsp3) is 0.842. The van der Waals surface area contributed by atoms with Gasteiger partial charge in [0, 0.05) is 74.4 Å². The molecule has 0 radical (unpaired) electrons. The largest absolute Gasteiger partial charge is 0.359 e. The lowest BCUT2D eigenvalue weighted by molar-refractivity contribution is -0.141. The monoisotopic (exact) mass is 688 g/mol. The Balaban J connectivity index is 0.817. The molecule has 10 aliphatic rings. The summed E-state index contributed by atoms with van der Waals surface area (Å²) >= 11 is 0. The molecule has 0 saturated carbocycles. The molecule has 0 aromatic heterocycles. The van der Waals surface area contributed by atoms with E-state index in [-0.39, 0.29) is 125 Å². The third-order valence-electron chi connectivity index (χ3n) is 15.9. The Labute approximate surface area is 294 Å². The van der Waals surface area contributed by atoms with Crippen LogP contribution in [0.3, 0.4) is 0 Å². The van der Waals surface area contributed by atoms with E-state index >= 15 is 0 Å². The first-order chi connectivity index (χ1) is 24.2. The van der Waals surface area contributed by atoms with Crippen LogP contribution in [0, 0.1) is 29.6 Å². The van der Waals surface area contributed by atoms with Crippen molar-refractivity contribution in [2.45, 2.75) is 164 Å². The van der Waals surface area contributed by atoms with Gasteiger partial charge >= 0.3 is 0 Å². The second-order valence-electron chi connectivity index (χ2n) is 17.7. The molecule has 15 atom stereocenters. The fourth-order valence-corrected chi connectivity index (χ4v) is 14.1. The molecule has 12 nitrogen and oxygen atoms in total. The number of carbonyl (C=O) groups excluding carboxylic acids is 6. The Hall–Kier alpha value is -3.18. The van der Waals surface area contributed by atoms with Gasteiger partial charge in [-0.2, -0.15) is 0 Å². The van der Waals surface area contributed by atoms with Crippen LogP contribution in [-0.2, 0) is 28.8 Å². The normalized spacial score (nSPS) is 45.9. The number of rotatable bonds is 5. The van der Waals surface area contributed by atoms with Crippen LogP contribution < -0.4 is 5.32 Å². The number of nitrogens with one attached hydrogen (secondary N) is 1. The number of amides is 6. The van der Waals surface area contributed by atoms with Gasteiger partial charge in [-0.3, -0.25) is 28.8 Å². The van der Waals surface area contributed by atoms with E-state index in [9.17, 15) is 28.8 Å². The van der Waals surface area contributed by atoms with Crippen LogP contribution in [0.2, 0.25) is 0 Å². The molecule has 0 aromatic carbocycles. The lowest BCUT2D eigenvalue weighted by Gasteiger charge is -2.33. The zero-order valence-electron chi connectivity index (χ0n) is 29.5. The van der Waals surface area contributed by atoms with Gasteiger partial charge in [0.25, 0.3) is 0 Å². The van der Waals surface area contributed by atoms with Crippen LogP contribution in [0.4, 0.5) is 0 Å². The van der Waals surface area contributed by atoms with Crippen molar-refractivity contribution in [2.24, 2.45) is 29.6 Å². The molecule has 1 N–H and O–H groups in total. The quantitative estimate of drug-likeness (QED) is 0.468. The third kappa shape index (κ3) is 4.16. The number of hydrogen-bond donors (Lipinski definition) is 1. The Bertz CT molecular complexity index is 1550. The molecule has 10 saturated heterocycles. The summed E-state index contributed by atoms with van der Waals surface area (Å²) in [5.41, 5.74) is 0. The number of nitrogens with zero attached hydrogens (tertiary/aromatic N) is 5.